The monoisotopic (exact) mass is 335 g/mol. The standard InChI is InChI=1S/C15H14BrNO3/c1-19-13-7-3-6-12(14(13)17)15(18)20-9-10-4-2-5-11(16)8-10/h2-8H,9,17H2,1H3. The maximum Gasteiger partial charge on any atom is 0.340 e. The highest BCUT2D eigenvalue weighted by Crippen LogP contribution is 2.25. The van der Waals surface area contributed by atoms with Crippen LogP contribution in [0.1, 0.15) is 15.9 Å². The van der Waals surface area contributed by atoms with E-state index in [4.69, 9.17) is 15.2 Å². The second kappa shape index (κ2) is 6.43. The Labute approximate surface area is 125 Å². The molecule has 0 saturated carbocycles. The van der Waals surface area contributed by atoms with Crippen molar-refractivity contribution in [1.29, 1.82) is 0 Å². The second-order valence-electron chi connectivity index (χ2n) is 4.13. The van der Waals surface area contributed by atoms with E-state index in [1.807, 2.05) is 24.3 Å². The molecule has 0 aliphatic carbocycles. The highest BCUT2D eigenvalue weighted by Gasteiger charge is 2.14. The summed E-state index contributed by atoms with van der Waals surface area (Å²) in [6.45, 7) is 0.189. The summed E-state index contributed by atoms with van der Waals surface area (Å²) in [5.74, 6) is -0.0109. The SMILES string of the molecule is COc1cccc(C(=O)OCc2cccc(Br)c2)c1N. The molecule has 0 unspecified atom stereocenters. The van der Waals surface area contributed by atoms with Crippen LogP contribution in [0.15, 0.2) is 46.9 Å². The topological polar surface area (TPSA) is 61.5 Å². The number of anilines is 1. The molecule has 0 radical (unpaired) electrons. The Kier molecular flexibility index (Phi) is 4.63. The summed E-state index contributed by atoms with van der Waals surface area (Å²) in [7, 11) is 1.50. The third-order valence-corrected chi connectivity index (χ3v) is 3.26. The van der Waals surface area contributed by atoms with Crippen LogP contribution in [-0.4, -0.2) is 13.1 Å². The zero-order chi connectivity index (χ0) is 14.5. The molecule has 0 bridgehead atoms. The minimum Gasteiger partial charge on any atom is -0.495 e. The summed E-state index contributed by atoms with van der Waals surface area (Å²) < 4.78 is 11.3. The zero-order valence-corrected chi connectivity index (χ0v) is 12.5. The van der Waals surface area contributed by atoms with Crippen molar-refractivity contribution in [2.75, 3.05) is 12.8 Å². The molecule has 0 aromatic heterocycles. The highest BCUT2D eigenvalue weighted by molar-refractivity contribution is 9.10. The van der Waals surface area contributed by atoms with Gasteiger partial charge in [-0.05, 0) is 29.8 Å². The number of rotatable bonds is 4. The van der Waals surface area contributed by atoms with Crippen LogP contribution in [-0.2, 0) is 11.3 Å². The first-order valence-electron chi connectivity index (χ1n) is 5.96. The minimum atomic E-state index is -0.471. The first kappa shape index (κ1) is 14.4. The number of para-hydroxylation sites is 1. The van der Waals surface area contributed by atoms with Crippen LogP contribution < -0.4 is 10.5 Å². The van der Waals surface area contributed by atoms with Gasteiger partial charge in [0.15, 0.2) is 0 Å². The molecule has 5 heteroatoms. The number of nitrogen functional groups attached to an aromatic ring is 1. The Morgan fingerprint density at radius 3 is 2.70 bits per heavy atom. The predicted molar refractivity (Wildman–Crippen MR) is 80.7 cm³/mol. The van der Waals surface area contributed by atoms with Gasteiger partial charge < -0.3 is 15.2 Å². The van der Waals surface area contributed by atoms with E-state index < -0.39 is 5.97 Å². The van der Waals surface area contributed by atoms with Gasteiger partial charge in [0, 0.05) is 4.47 Å². The smallest absolute Gasteiger partial charge is 0.340 e. The predicted octanol–water partition coefficient (Wildman–Crippen LogP) is 3.40. The molecule has 0 heterocycles. The van der Waals surface area contributed by atoms with E-state index in [0.29, 0.717) is 11.3 Å². The number of nitrogens with two attached hydrogens (primary N) is 1. The van der Waals surface area contributed by atoms with Crippen molar-refractivity contribution in [3.8, 4) is 5.75 Å². The first-order chi connectivity index (χ1) is 9.61. The van der Waals surface area contributed by atoms with Gasteiger partial charge in [0.2, 0.25) is 0 Å². The van der Waals surface area contributed by atoms with Gasteiger partial charge in [0.25, 0.3) is 0 Å². The number of hydrogen-bond acceptors (Lipinski definition) is 4. The van der Waals surface area contributed by atoms with Gasteiger partial charge in [-0.1, -0.05) is 34.1 Å². The summed E-state index contributed by atoms with van der Waals surface area (Å²) in [6, 6.07) is 12.6. The van der Waals surface area contributed by atoms with Gasteiger partial charge in [-0.25, -0.2) is 4.79 Å². The van der Waals surface area contributed by atoms with Crippen LogP contribution in [0.2, 0.25) is 0 Å². The summed E-state index contributed by atoms with van der Waals surface area (Å²) in [4.78, 5) is 12.0. The van der Waals surface area contributed by atoms with Crippen molar-refractivity contribution in [2.45, 2.75) is 6.61 Å². The zero-order valence-electron chi connectivity index (χ0n) is 10.9. The highest BCUT2D eigenvalue weighted by atomic mass is 79.9. The molecule has 0 aliphatic heterocycles. The van der Waals surface area contributed by atoms with Crippen molar-refractivity contribution in [3.05, 3.63) is 58.1 Å². The molecule has 2 N–H and O–H groups in total. The van der Waals surface area contributed by atoms with Gasteiger partial charge in [0.05, 0.1) is 18.4 Å². The third kappa shape index (κ3) is 3.30. The lowest BCUT2D eigenvalue weighted by atomic mass is 10.1. The number of ether oxygens (including phenoxy) is 2. The van der Waals surface area contributed by atoms with Crippen LogP contribution in [0.4, 0.5) is 5.69 Å². The molecule has 104 valence electrons. The molecular formula is C15H14BrNO3. The molecule has 0 atom stereocenters. The van der Waals surface area contributed by atoms with Crippen LogP contribution in [0.3, 0.4) is 0 Å². The summed E-state index contributed by atoms with van der Waals surface area (Å²) in [5, 5.41) is 0. The van der Waals surface area contributed by atoms with E-state index in [-0.39, 0.29) is 12.3 Å². The molecule has 0 aliphatic rings. The number of carbonyl (C=O) groups excluding carboxylic acids is 1. The normalized spacial score (nSPS) is 10.1. The number of halogens is 1. The summed E-state index contributed by atoms with van der Waals surface area (Å²) in [5.41, 5.74) is 7.34. The molecule has 2 aromatic rings. The van der Waals surface area contributed by atoms with Crippen molar-refractivity contribution < 1.29 is 14.3 Å². The molecule has 2 aromatic carbocycles. The van der Waals surface area contributed by atoms with Crippen molar-refractivity contribution in [2.24, 2.45) is 0 Å². The summed E-state index contributed by atoms with van der Waals surface area (Å²) >= 11 is 3.37. The third-order valence-electron chi connectivity index (χ3n) is 2.76. The van der Waals surface area contributed by atoms with Crippen LogP contribution in [0, 0.1) is 0 Å². The van der Waals surface area contributed by atoms with Gasteiger partial charge >= 0.3 is 5.97 Å². The van der Waals surface area contributed by atoms with Crippen LogP contribution in [0.5, 0.6) is 5.75 Å². The Morgan fingerprint density at radius 2 is 2.00 bits per heavy atom. The maximum absolute atomic E-state index is 12.0. The van der Waals surface area contributed by atoms with Gasteiger partial charge in [-0.3, -0.25) is 0 Å². The van der Waals surface area contributed by atoms with E-state index >= 15 is 0 Å². The van der Waals surface area contributed by atoms with Gasteiger partial charge in [-0.15, -0.1) is 0 Å². The average Bonchev–Trinajstić information content (AvgIpc) is 2.45. The molecular weight excluding hydrogens is 322 g/mol. The van der Waals surface area contributed by atoms with Crippen molar-refractivity contribution in [3.63, 3.8) is 0 Å². The minimum absolute atomic E-state index is 0.189. The molecule has 0 saturated heterocycles. The molecule has 0 spiro atoms. The van der Waals surface area contributed by atoms with E-state index in [1.165, 1.54) is 7.11 Å². The number of benzene rings is 2. The van der Waals surface area contributed by atoms with E-state index in [0.717, 1.165) is 10.0 Å². The lowest BCUT2D eigenvalue weighted by Gasteiger charge is -2.10. The van der Waals surface area contributed by atoms with Crippen LogP contribution >= 0.6 is 15.9 Å². The fraction of sp³-hybridized carbons (Fsp3) is 0.133. The van der Waals surface area contributed by atoms with Crippen LogP contribution in [0.25, 0.3) is 0 Å². The maximum atomic E-state index is 12.0. The lowest BCUT2D eigenvalue weighted by molar-refractivity contribution is 0.0473. The molecule has 0 fully saturated rings. The van der Waals surface area contributed by atoms with Gasteiger partial charge in [-0.2, -0.15) is 0 Å². The molecule has 20 heavy (non-hydrogen) atoms. The Balaban J connectivity index is 2.09. The number of methoxy groups -OCH3 is 1. The Morgan fingerprint density at radius 1 is 1.25 bits per heavy atom. The van der Waals surface area contributed by atoms with Crippen molar-refractivity contribution >= 4 is 27.6 Å². The number of esters is 1. The lowest BCUT2D eigenvalue weighted by Crippen LogP contribution is -2.09. The largest absolute Gasteiger partial charge is 0.495 e. The number of hydrogen-bond donors (Lipinski definition) is 1. The molecule has 2 rings (SSSR count). The summed E-state index contributed by atoms with van der Waals surface area (Å²) in [6.07, 6.45) is 0. The number of carbonyl (C=O) groups is 1. The fourth-order valence-corrected chi connectivity index (χ4v) is 2.20. The van der Waals surface area contributed by atoms with E-state index in [9.17, 15) is 4.79 Å². The Hall–Kier alpha value is -2.01. The fourth-order valence-electron chi connectivity index (χ4n) is 1.75. The van der Waals surface area contributed by atoms with E-state index in [2.05, 4.69) is 15.9 Å². The average molecular weight is 336 g/mol. The van der Waals surface area contributed by atoms with Gasteiger partial charge in [0.1, 0.15) is 12.4 Å². The first-order valence-corrected chi connectivity index (χ1v) is 6.75. The quantitative estimate of drug-likeness (QED) is 0.687. The molecule has 0 amide bonds. The molecule has 4 nitrogen and oxygen atoms in total. The van der Waals surface area contributed by atoms with E-state index in [1.54, 1.807) is 18.2 Å². The van der Waals surface area contributed by atoms with Crippen molar-refractivity contribution in [1.82, 2.24) is 0 Å². The second-order valence-corrected chi connectivity index (χ2v) is 5.04. The Bertz CT molecular complexity index is 628.